The molecule has 5 heteroatoms. The van der Waals surface area contributed by atoms with E-state index in [9.17, 15) is 4.79 Å². The molecule has 1 amide bonds. The second-order valence-electron chi connectivity index (χ2n) is 4.58. The van der Waals surface area contributed by atoms with Crippen LogP contribution in [-0.4, -0.2) is 27.4 Å². The van der Waals surface area contributed by atoms with Gasteiger partial charge in [-0.2, -0.15) is 5.10 Å². The fourth-order valence-electron chi connectivity index (χ4n) is 1.94. The minimum absolute atomic E-state index is 0.0990. The van der Waals surface area contributed by atoms with Crippen LogP contribution in [0, 0.1) is 11.8 Å². The number of amides is 1. The van der Waals surface area contributed by atoms with Gasteiger partial charge in [-0.25, -0.2) is 0 Å². The van der Waals surface area contributed by atoms with Gasteiger partial charge in [0.05, 0.1) is 6.04 Å². The number of hydrogen-bond donors (Lipinski definition) is 2. The average molecular weight is 283 g/mol. The Balaban J connectivity index is 1.99. The van der Waals surface area contributed by atoms with Crippen LogP contribution < -0.4 is 5.32 Å². The molecule has 5 nitrogen and oxygen atoms in total. The van der Waals surface area contributed by atoms with Crippen molar-refractivity contribution in [1.29, 1.82) is 0 Å². The lowest BCUT2D eigenvalue weighted by Gasteiger charge is -2.14. The lowest BCUT2D eigenvalue weighted by molar-refractivity contribution is -0.122. The van der Waals surface area contributed by atoms with Crippen molar-refractivity contribution in [2.75, 3.05) is 6.61 Å². The van der Waals surface area contributed by atoms with Crippen LogP contribution in [0.3, 0.4) is 0 Å². The third kappa shape index (κ3) is 4.48. The van der Waals surface area contributed by atoms with Gasteiger partial charge in [0, 0.05) is 18.0 Å². The highest BCUT2D eigenvalue weighted by molar-refractivity contribution is 5.76. The van der Waals surface area contributed by atoms with E-state index >= 15 is 0 Å². The van der Waals surface area contributed by atoms with Gasteiger partial charge in [-0.3, -0.25) is 9.48 Å². The number of rotatable bonds is 4. The van der Waals surface area contributed by atoms with Gasteiger partial charge < -0.3 is 10.4 Å². The zero-order valence-electron chi connectivity index (χ0n) is 11.8. The van der Waals surface area contributed by atoms with Crippen LogP contribution in [0.1, 0.15) is 24.1 Å². The van der Waals surface area contributed by atoms with Gasteiger partial charge in [0.1, 0.15) is 13.2 Å². The lowest BCUT2D eigenvalue weighted by Crippen LogP contribution is -2.30. The van der Waals surface area contributed by atoms with E-state index in [2.05, 4.69) is 22.3 Å². The molecule has 21 heavy (non-hydrogen) atoms. The molecule has 1 atom stereocenters. The average Bonchev–Trinajstić information content (AvgIpc) is 2.98. The minimum atomic E-state index is -0.166. The highest BCUT2D eigenvalue weighted by atomic mass is 16.2. The quantitative estimate of drug-likeness (QED) is 0.826. The molecule has 1 aromatic heterocycles. The van der Waals surface area contributed by atoms with Crippen molar-refractivity contribution in [2.24, 2.45) is 0 Å². The molecule has 0 saturated carbocycles. The number of aliphatic hydroxyl groups is 1. The molecule has 0 bridgehead atoms. The van der Waals surface area contributed by atoms with E-state index in [1.807, 2.05) is 31.2 Å². The standard InChI is InChI=1S/C16H17N3O2/c1-13(18-16(21)12-19-9-4-8-17-19)15-7-2-5-14(11-15)6-3-10-20/h2,4-5,7-9,11,13,20H,10,12H2,1H3,(H,18,21). The summed E-state index contributed by atoms with van der Waals surface area (Å²) in [6.07, 6.45) is 3.38. The van der Waals surface area contributed by atoms with Gasteiger partial charge >= 0.3 is 0 Å². The highest BCUT2D eigenvalue weighted by Crippen LogP contribution is 2.13. The number of aromatic nitrogens is 2. The Hall–Kier alpha value is -2.58. The SMILES string of the molecule is CC(NC(=O)Cn1cccn1)c1cccc(C#CCO)c1. The molecule has 0 fully saturated rings. The molecule has 1 heterocycles. The van der Waals surface area contributed by atoms with E-state index in [-0.39, 0.29) is 25.1 Å². The molecule has 0 aliphatic carbocycles. The summed E-state index contributed by atoms with van der Waals surface area (Å²) in [6, 6.07) is 9.24. The van der Waals surface area contributed by atoms with Crippen molar-refractivity contribution in [2.45, 2.75) is 19.5 Å². The number of aliphatic hydroxyl groups excluding tert-OH is 1. The zero-order valence-corrected chi connectivity index (χ0v) is 11.8. The fourth-order valence-corrected chi connectivity index (χ4v) is 1.94. The second kappa shape index (κ2) is 7.27. The van der Waals surface area contributed by atoms with Gasteiger partial charge in [0.25, 0.3) is 0 Å². The maximum absolute atomic E-state index is 11.9. The van der Waals surface area contributed by atoms with Crippen molar-refractivity contribution in [1.82, 2.24) is 15.1 Å². The van der Waals surface area contributed by atoms with E-state index in [0.29, 0.717) is 0 Å². The Morgan fingerprint density at radius 1 is 1.48 bits per heavy atom. The van der Waals surface area contributed by atoms with Crippen LogP contribution in [0.4, 0.5) is 0 Å². The molecule has 0 aliphatic rings. The predicted molar refractivity (Wildman–Crippen MR) is 79.2 cm³/mol. The predicted octanol–water partition coefficient (Wildman–Crippen LogP) is 1.10. The zero-order chi connectivity index (χ0) is 15.1. The van der Waals surface area contributed by atoms with E-state index in [1.165, 1.54) is 0 Å². The maximum atomic E-state index is 11.9. The summed E-state index contributed by atoms with van der Waals surface area (Å²) in [5.74, 6) is 5.36. The first-order valence-electron chi connectivity index (χ1n) is 6.65. The van der Waals surface area contributed by atoms with Gasteiger partial charge in [-0.05, 0) is 30.7 Å². The number of hydrogen-bond acceptors (Lipinski definition) is 3. The number of carbonyl (C=O) groups excluding carboxylic acids is 1. The Morgan fingerprint density at radius 3 is 3.05 bits per heavy atom. The molecule has 108 valence electrons. The van der Waals surface area contributed by atoms with E-state index in [0.717, 1.165) is 11.1 Å². The van der Waals surface area contributed by atoms with Gasteiger partial charge in [0.15, 0.2) is 0 Å². The van der Waals surface area contributed by atoms with Crippen molar-refractivity contribution in [3.8, 4) is 11.8 Å². The van der Waals surface area contributed by atoms with Gasteiger partial charge in [-0.1, -0.05) is 24.0 Å². The van der Waals surface area contributed by atoms with Gasteiger partial charge in [0.2, 0.25) is 5.91 Å². The van der Waals surface area contributed by atoms with Crippen LogP contribution in [0.15, 0.2) is 42.7 Å². The van der Waals surface area contributed by atoms with Crippen molar-refractivity contribution in [3.05, 3.63) is 53.9 Å². The molecule has 0 saturated heterocycles. The van der Waals surface area contributed by atoms with Crippen molar-refractivity contribution in [3.63, 3.8) is 0 Å². The summed E-state index contributed by atoms with van der Waals surface area (Å²) >= 11 is 0. The largest absolute Gasteiger partial charge is 0.384 e. The van der Waals surface area contributed by atoms with E-state index < -0.39 is 0 Å². The molecule has 2 rings (SSSR count). The molecule has 0 spiro atoms. The third-order valence-electron chi connectivity index (χ3n) is 2.94. The van der Waals surface area contributed by atoms with Crippen LogP contribution in [-0.2, 0) is 11.3 Å². The highest BCUT2D eigenvalue weighted by Gasteiger charge is 2.10. The van der Waals surface area contributed by atoms with Crippen molar-refractivity contribution < 1.29 is 9.90 Å². The van der Waals surface area contributed by atoms with Crippen LogP contribution in [0.2, 0.25) is 0 Å². The van der Waals surface area contributed by atoms with E-state index in [4.69, 9.17) is 5.11 Å². The molecule has 0 radical (unpaired) electrons. The Labute approximate surface area is 123 Å². The number of nitrogens with zero attached hydrogens (tertiary/aromatic N) is 2. The Bertz CT molecular complexity index is 654. The number of carbonyl (C=O) groups is 1. The summed E-state index contributed by atoms with van der Waals surface area (Å²) in [7, 11) is 0. The second-order valence-corrected chi connectivity index (χ2v) is 4.58. The lowest BCUT2D eigenvalue weighted by atomic mass is 10.1. The summed E-state index contributed by atoms with van der Waals surface area (Å²) in [6.45, 7) is 1.95. The molecule has 2 aromatic rings. The summed E-state index contributed by atoms with van der Waals surface area (Å²) in [4.78, 5) is 11.9. The normalized spacial score (nSPS) is 11.3. The molecular formula is C16H17N3O2. The monoisotopic (exact) mass is 283 g/mol. The maximum Gasteiger partial charge on any atom is 0.242 e. The van der Waals surface area contributed by atoms with Crippen LogP contribution in [0.5, 0.6) is 0 Å². The minimum Gasteiger partial charge on any atom is -0.384 e. The molecule has 0 aliphatic heterocycles. The Morgan fingerprint density at radius 2 is 2.33 bits per heavy atom. The smallest absolute Gasteiger partial charge is 0.242 e. The van der Waals surface area contributed by atoms with Gasteiger partial charge in [-0.15, -0.1) is 0 Å². The first-order valence-corrected chi connectivity index (χ1v) is 6.65. The first-order chi connectivity index (χ1) is 10.2. The van der Waals surface area contributed by atoms with Crippen molar-refractivity contribution >= 4 is 5.91 Å². The summed E-state index contributed by atoms with van der Waals surface area (Å²) in [5.41, 5.74) is 1.78. The third-order valence-corrected chi connectivity index (χ3v) is 2.94. The van der Waals surface area contributed by atoms with Crippen LogP contribution in [0.25, 0.3) is 0 Å². The first kappa shape index (κ1) is 14.8. The summed E-state index contributed by atoms with van der Waals surface area (Å²) in [5, 5.41) is 15.6. The topological polar surface area (TPSA) is 67.2 Å². The number of benzene rings is 1. The molecule has 2 N–H and O–H groups in total. The Kier molecular flexibility index (Phi) is 5.13. The van der Waals surface area contributed by atoms with Crippen LogP contribution >= 0.6 is 0 Å². The fraction of sp³-hybridized carbons (Fsp3) is 0.250. The molecule has 1 aromatic carbocycles. The van der Waals surface area contributed by atoms with E-state index in [1.54, 1.807) is 23.1 Å². The number of nitrogens with one attached hydrogen (secondary N) is 1. The summed E-state index contributed by atoms with van der Waals surface area (Å²) < 4.78 is 1.57. The molecule has 1 unspecified atom stereocenters. The molecular weight excluding hydrogens is 266 g/mol.